The fourth-order valence-electron chi connectivity index (χ4n) is 1.94. The molecule has 0 aliphatic rings. The summed E-state index contributed by atoms with van der Waals surface area (Å²) in [5.74, 6) is -0.0000527. The fraction of sp³-hybridized carbons (Fsp3) is 0.500. The maximum atomic E-state index is 12.4. The van der Waals surface area contributed by atoms with Gasteiger partial charge in [-0.2, -0.15) is 5.10 Å². The SMILES string of the molecule is CCCn1cc(S(=O)(=O)Nc2nc(CC)c(C)s2)c(N)n1. The molecule has 0 aliphatic heterocycles. The van der Waals surface area contributed by atoms with Crippen LogP contribution in [0.1, 0.15) is 30.8 Å². The molecule has 3 N–H and O–H groups in total. The number of nitrogens with two attached hydrogens (primary N) is 1. The van der Waals surface area contributed by atoms with Crippen LogP contribution in [0.15, 0.2) is 11.1 Å². The molecule has 0 amide bonds. The van der Waals surface area contributed by atoms with Gasteiger partial charge in [0, 0.05) is 17.6 Å². The van der Waals surface area contributed by atoms with Crippen LogP contribution in [0.4, 0.5) is 10.9 Å². The molecule has 0 saturated heterocycles. The molecular weight excluding hydrogens is 310 g/mol. The summed E-state index contributed by atoms with van der Waals surface area (Å²) in [6.07, 6.45) is 3.06. The van der Waals surface area contributed by atoms with Crippen molar-refractivity contribution in [3.63, 3.8) is 0 Å². The van der Waals surface area contributed by atoms with Crippen LogP contribution in [0.5, 0.6) is 0 Å². The lowest BCUT2D eigenvalue weighted by Gasteiger charge is -2.02. The van der Waals surface area contributed by atoms with E-state index in [1.54, 1.807) is 0 Å². The smallest absolute Gasteiger partial charge is 0.268 e. The first-order chi connectivity index (χ1) is 9.87. The largest absolute Gasteiger partial charge is 0.381 e. The molecule has 0 unspecified atom stereocenters. The highest BCUT2D eigenvalue weighted by atomic mass is 32.2. The first-order valence-electron chi connectivity index (χ1n) is 6.69. The highest BCUT2D eigenvalue weighted by Gasteiger charge is 2.23. The summed E-state index contributed by atoms with van der Waals surface area (Å²) >= 11 is 1.31. The number of sulfonamides is 1. The summed E-state index contributed by atoms with van der Waals surface area (Å²) in [6.45, 7) is 6.50. The Morgan fingerprint density at radius 3 is 2.71 bits per heavy atom. The van der Waals surface area contributed by atoms with Crippen molar-refractivity contribution in [3.8, 4) is 0 Å². The third-order valence-corrected chi connectivity index (χ3v) is 5.36. The number of nitrogen functional groups attached to an aromatic ring is 1. The van der Waals surface area contributed by atoms with E-state index in [-0.39, 0.29) is 10.7 Å². The molecule has 2 rings (SSSR count). The van der Waals surface area contributed by atoms with E-state index in [4.69, 9.17) is 5.73 Å². The third-order valence-electron chi connectivity index (χ3n) is 2.95. The van der Waals surface area contributed by atoms with Crippen LogP contribution in [0.25, 0.3) is 0 Å². The zero-order chi connectivity index (χ0) is 15.6. The minimum atomic E-state index is -3.76. The monoisotopic (exact) mass is 329 g/mol. The Balaban J connectivity index is 2.29. The van der Waals surface area contributed by atoms with Gasteiger partial charge in [0.1, 0.15) is 4.90 Å². The summed E-state index contributed by atoms with van der Waals surface area (Å²) in [4.78, 5) is 5.26. The second-order valence-electron chi connectivity index (χ2n) is 4.62. The Morgan fingerprint density at radius 2 is 2.14 bits per heavy atom. The van der Waals surface area contributed by atoms with E-state index in [1.807, 2.05) is 20.8 Å². The van der Waals surface area contributed by atoms with Crippen molar-refractivity contribution in [2.24, 2.45) is 0 Å². The normalized spacial score (nSPS) is 11.8. The van der Waals surface area contributed by atoms with Gasteiger partial charge in [-0.05, 0) is 19.8 Å². The van der Waals surface area contributed by atoms with Crippen LogP contribution >= 0.6 is 11.3 Å². The van der Waals surface area contributed by atoms with Gasteiger partial charge >= 0.3 is 0 Å². The van der Waals surface area contributed by atoms with E-state index in [2.05, 4.69) is 14.8 Å². The first kappa shape index (κ1) is 15.8. The molecule has 0 aromatic carbocycles. The van der Waals surface area contributed by atoms with E-state index >= 15 is 0 Å². The Kier molecular flexibility index (Phi) is 4.52. The Bertz CT molecular complexity index is 733. The fourth-order valence-corrected chi connectivity index (χ4v) is 4.15. The van der Waals surface area contributed by atoms with E-state index < -0.39 is 10.0 Å². The van der Waals surface area contributed by atoms with Gasteiger partial charge in [0.2, 0.25) is 0 Å². The van der Waals surface area contributed by atoms with E-state index in [0.29, 0.717) is 11.7 Å². The highest BCUT2D eigenvalue weighted by Crippen LogP contribution is 2.26. The number of nitrogens with one attached hydrogen (secondary N) is 1. The molecule has 0 saturated carbocycles. The maximum absolute atomic E-state index is 12.4. The van der Waals surface area contributed by atoms with Crippen molar-refractivity contribution in [1.82, 2.24) is 14.8 Å². The van der Waals surface area contributed by atoms with Crippen LogP contribution in [-0.2, 0) is 23.0 Å². The average Bonchev–Trinajstić information content (AvgIpc) is 2.93. The van der Waals surface area contributed by atoms with E-state index in [1.165, 1.54) is 22.2 Å². The highest BCUT2D eigenvalue weighted by molar-refractivity contribution is 7.93. The summed E-state index contributed by atoms with van der Waals surface area (Å²) in [7, 11) is -3.76. The van der Waals surface area contributed by atoms with Gasteiger partial charge in [0.05, 0.1) is 5.69 Å². The van der Waals surface area contributed by atoms with Gasteiger partial charge in [-0.25, -0.2) is 13.4 Å². The second-order valence-corrected chi connectivity index (χ2v) is 7.48. The van der Waals surface area contributed by atoms with Crippen molar-refractivity contribution in [1.29, 1.82) is 0 Å². The molecule has 2 aromatic rings. The molecule has 2 aromatic heterocycles. The molecule has 2 heterocycles. The molecule has 9 heteroatoms. The Morgan fingerprint density at radius 1 is 1.43 bits per heavy atom. The van der Waals surface area contributed by atoms with Crippen molar-refractivity contribution in [3.05, 3.63) is 16.8 Å². The van der Waals surface area contributed by atoms with Crippen molar-refractivity contribution in [2.45, 2.75) is 45.1 Å². The van der Waals surface area contributed by atoms with Crippen LogP contribution in [0.2, 0.25) is 0 Å². The molecular formula is C12H19N5O2S2. The third kappa shape index (κ3) is 3.35. The molecule has 0 fully saturated rings. The number of hydrogen-bond acceptors (Lipinski definition) is 6. The maximum Gasteiger partial charge on any atom is 0.268 e. The molecule has 0 radical (unpaired) electrons. The van der Waals surface area contributed by atoms with Crippen molar-refractivity contribution >= 4 is 32.3 Å². The van der Waals surface area contributed by atoms with Crippen molar-refractivity contribution in [2.75, 3.05) is 10.5 Å². The molecule has 0 atom stereocenters. The number of rotatable bonds is 6. The minimum absolute atomic E-state index is 0.0000527. The Hall–Kier alpha value is -1.61. The number of anilines is 2. The predicted molar refractivity (Wildman–Crippen MR) is 84.0 cm³/mol. The molecule has 116 valence electrons. The topological polar surface area (TPSA) is 103 Å². The first-order valence-corrected chi connectivity index (χ1v) is 8.99. The number of aromatic nitrogens is 3. The average molecular weight is 329 g/mol. The summed E-state index contributed by atoms with van der Waals surface area (Å²) < 4.78 is 28.8. The predicted octanol–water partition coefficient (Wildman–Crippen LogP) is 2.00. The summed E-state index contributed by atoms with van der Waals surface area (Å²) in [5.41, 5.74) is 6.60. The second kappa shape index (κ2) is 6.02. The standard InChI is InChI=1S/C12H19N5O2S2/c1-4-6-17-7-10(11(13)15-17)21(18,19)16-12-14-9(5-2)8(3)20-12/h7H,4-6H2,1-3H3,(H2,13,15)(H,14,16). The molecule has 0 spiro atoms. The number of thiazole rings is 1. The quantitative estimate of drug-likeness (QED) is 0.844. The summed E-state index contributed by atoms with van der Waals surface area (Å²) in [5, 5.41) is 4.36. The minimum Gasteiger partial charge on any atom is -0.381 e. The lowest BCUT2D eigenvalue weighted by Crippen LogP contribution is -2.13. The number of nitrogens with zero attached hydrogens (tertiary/aromatic N) is 3. The van der Waals surface area contributed by atoms with Gasteiger partial charge in [-0.1, -0.05) is 13.8 Å². The van der Waals surface area contributed by atoms with Gasteiger partial charge in [-0.15, -0.1) is 11.3 Å². The Labute approximate surface area is 128 Å². The van der Waals surface area contributed by atoms with Crippen LogP contribution in [0.3, 0.4) is 0 Å². The number of hydrogen-bond donors (Lipinski definition) is 2. The van der Waals surface area contributed by atoms with Gasteiger partial charge in [0.25, 0.3) is 10.0 Å². The van der Waals surface area contributed by atoms with Crippen LogP contribution < -0.4 is 10.5 Å². The zero-order valence-corrected chi connectivity index (χ0v) is 13.9. The molecule has 0 aliphatic carbocycles. The van der Waals surface area contributed by atoms with E-state index in [0.717, 1.165) is 23.4 Å². The zero-order valence-electron chi connectivity index (χ0n) is 12.3. The van der Waals surface area contributed by atoms with Crippen LogP contribution in [0, 0.1) is 6.92 Å². The lowest BCUT2D eigenvalue weighted by molar-refractivity contribution is 0.595. The van der Waals surface area contributed by atoms with Gasteiger partial charge in [0.15, 0.2) is 10.9 Å². The summed E-state index contributed by atoms with van der Waals surface area (Å²) in [6, 6.07) is 0. The van der Waals surface area contributed by atoms with Gasteiger partial charge < -0.3 is 5.73 Å². The molecule has 7 nitrogen and oxygen atoms in total. The molecule has 0 bridgehead atoms. The van der Waals surface area contributed by atoms with Crippen LogP contribution in [-0.4, -0.2) is 23.2 Å². The lowest BCUT2D eigenvalue weighted by atomic mass is 10.3. The van der Waals surface area contributed by atoms with E-state index in [9.17, 15) is 8.42 Å². The number of aryl methyl sites for hydroxylation is 3. The van der Waals surface area contributed by atoms with Gasteiger partial charge in [-0.3, -0.25) is 9.40 Å². The van der Waals surface area contributed by atoms with Crippen molar-refractivity contribution < 1.29 is 8.42 Å². The molecule has 21 heavy (non-hydrogen) atoms.